The number of hydrogen-bond acceptors (Lipinski definition) is 5. The molecule has 0 bridgehead atoms. The Kier molecular flexibility index (Phi) is 12.4. The van der Waals surface area contributed by atoms with Gasteiger partial charge in [0.2, 0.25) is 0 Å². The highest BCUT2D eigenvalue weighted by Crippen LogP contribution is 2.02. The Hall–Kier alpha value is 0.190. The van der Waals surface area contributed by atoms with Crippen LogP contribution in [-0.2, 0) is 9.47 Å². The van der Waals surface area contributed by atoms with Crippen LogP contribution in [0.4, 0.5) is 0 Å². The van der Waals surface area contributed by atoms with Crippen molar-refractivity contribution in [2.24, 2.45) is 0 Å². The van der Waals surface area contributed by atoms with Gasteiger partial charge in [0.05, 0.1) is 32.5 Å². The highest BCUT2D eigenvalue weighted by atomic mass is 32.2. The van der Waals surface area contributed by atoms with E-state index >= 15 is 0 Å². The van der Waals surface area contributed by atoms with E-state index in [1.54, 1.807) is 11.8 Å². The monoisotopic (exact) mass is 238 g/mol. The maximum atomic E-state index is 9.03. The maximum absolute atomic E-state index is 9.03. The molecule has 0 aromatic carbocycles. The van der Waals surface area contributed by atoms with Crippen LogP contribution in [-0.4, -0.2) is 60.9 Å². The lowest BCUT2D eigenvalue weighted by Gasteiger charge is -2.07. The minimum absolute atomic E-state index is 0.168. The molecule has 0 spiro atoms. The van der Waals surface area contributed by atoms with Gasteiger partial charge in [0.1, 0.15) is 0 Å². The van der Waals surface area contributed by atoms with Crippen LogP contribution in [0.25, 0.3) is 0 Å². The van der Waals surface area contributed by atoms with Crippen molar-refractivity contribution >= 4 is 11.8 Å². The lowest BCUT2D eigenvalue weighted by atomic mass is 10.4. The summed E-state index contributed by atoms with van der Waals surface area (Å²) in [6, 6.07) is 0. The van der Waals surface area contributed by atoms with Gasteiger partial charge in [0.25, 0.3) is 0 Å². The molecular weight excluding hydrogens is 216 g/mol. The standard InChI is InChI=1S/C10H22O4S/c1-2-3-13-4-5-14-6-7-15-9-10(12)8-11/h10-12H,2-9H2,1H3. The van der Waals surface area contributed by atoms with Gasteiger partial charge >= 0.3 is 0 Å². The van der Waals surface area contributed by atoms with Crippen molar-refractivity contribution < 1.29 is 19.7 Å². The van der Waals surface area contributed by atoms with Gasteiger partial charge < -0.3 is 19.7 Å². The van der Waals surface area contributed by atoms with E-state index in [1.807, 2.05) is 0 Å². The molecule has 92 valence electrons. The van der Waals surface area contributed by atoms with Crippen molar-refractivity contribution in [3.63, 3.8) is 0 Å². The summed E-state index contributed by atoms with van der Waals surface area (Å²) in [6.07, 6.45) is 0.428. The van der Waals surface area contributed by atoms with Gasteiger partial charge in [0, 0.05) is 18.1 Å². The number of aliphatic hydroxyl groups excluding tert-OH is 2. The van der Waals surface area contributed by atoms with Crippen LogP contribution >= 0.6 is 11.8 Å². The van der Waals surface area contributed by atoms with Gasteiger partial charge in [-0.1, -0.05) is 6.92 Å². The van der Waals surface area contributed by atoms with Crippen LogP contribution in [0.5, 0.6) is 0 Å². The van der Waals surface area contributed by atoms with Gasteiger partial charge in [0.15, 0.2) is 0 Å². The summed E-state index contributed by atoms with van der Waals surface area (Å²) in [6.45, 7) is 4.64. The zero-order chi connectivity index (χ0) is 11.4. The molecule has 0 aliphatic carbocycles. The molecule has 5 heteroatoms. The Morgan fingerprint density at radius 2 is 1.80 bits per heavy atom. The molecule has 0 aromatic rings. The lowest BCUT2D eigenvalue weighted by molar-refractivity contribution is 0.0540. The second-order valence-corrected chi connectivity index (χ2v) is 4.29. The maximum Gasteiger partial charge on any atom is 0.0861 e. The molecule has 0 saturated heterocycles. The van der Waals surface area contributed by atoms with E-state index in [0.717, 1.165) is 18.8 Å². The summed E-state index contributed by atoms with van der Waals surface area (Å²) < 4.78 is 10.5. The predicted molar refractivity (Wildman–Crippen MR) is 62.3 cm³/mol. The Labute approximate surface area is 96.0 Å². The Morgan fingerprint density at radius 3 is 2.40 bits per heavy atom. The third-order valence-corrected chi connectivity index (χ3v) is 2.69. The summed E-state index contributed by atoms with van der Waals surface area (Å²) in [5, 5.41) is 17.6. The van der Waals surface area contributed by atoms with Crippen molar-refractivity contribution in [2.75, 3.05) is 44.5 Å². The highest BCUT2D eigenvalue weighted by Gasteiger charge is 2.00. The van der Waals surface area contributed by atoms with Crippen LogP contribution in [0.1, 0.15) is 13.3 Å². The molecule has 0 aliphatic heterocycles. The van der Waals surface area contributed by atoms with Crippen LogP contribution in [0, 0.1) is 0 Å². The van der Waals surface area contributed by atoms with Crippen LogP contribution in [0.15, 0.2) is 0 Å². The fourth-order valence-corrected chi connectivity index (χ4v) is 1.64. The zero-order valence-corrected chi connectivity index (χ0v) is 10.2. The Morgan fingerprint density at radius 1 is 1.13 bits per heavy atom. The summed E-state index contributed by atoms with van der Waals surface area (Å²) in [5.74, 6) is 1.40. The van der Waals surface area contributed by atoms with Gasteiger partial charge in [-0.2, -0.15) is 11.8 Å². The fraction of sp³-hybridized carbons (Fsp3) is 1.00. The SMILES string of the molecule is CCCOCCOCCSCC(O)CO. The largest absolute Gasteiger partial charge is 0.394 e. The van der Waals surface area contributed by atoms with E-state index in [2.05, 4.69) is 6.92 Å². The number of aliphatic hydroxyl groups is 2. The third kappa shape index (κ3) is 12.1. The average molecular weight is 238 g/mol. The third-order valence-electron chi connectivity index (χ3n) is 1.61. The molecule has 1 atom stereocenters. The minimum Gasteiger partial charge on any atom is -0.394 e. The molecule has 4 nitrogen and oxygen atoms in total. The van der Waals surface area contributed by atoms with Gasteiger partial charge in [-0.15, -0.1) is 0 Å². The van der Waals surface area contributed by atoms with Crippen molar-refractivity contribution in [1.29, 1.82) is 0 Å². The van der Waals surface area contributed by atoms with Gasteiger partial charge in [-0.05, 0) is 6.42 Å². The summed E-state index contributed by atoms with van der Waals surface area (Å²) in [5.41, 5.74) is 0. The minimum atomic E-state index is -0.608. The van der Waals surface area contributed by atoms with Gasteiger partial charge in [-0.25, -0.2) is 0 Å². The molecule has 1 unspecified atom stereocenters. The molecule has 0 fully saturated rings. The van der Waals surface area contributed by atoms with E-state index in [4.69, 9.17) is 19.7 Å². The molecule has 0 rings (SSSR count). The summed E-state index contributed by atoms with van der Waals surface area (Å²) in [4.78, 5) is 0. The predicted octanol–water partition coefficient (Wildman–Crippen LogP) is 0.516. The van der Waals surface area contributed by atoms with Crippen LogP contribution in [0.3, 0.4) is 0 Å². The topological polar surface area (TPSA) is 58.9 Å². The smallest absolute Gasteiger partial charge is 0.0861 e. The van der Waals surface area contributed by atoms with Crippen molar-refractivity contribution in [3.05, 3.63) is 0 Å². The van der Waals surface area contributed by atoms with Crippen molar-refractivity contribution in [2.45, 2.75) is 19.4 Å². The first-order chi connectivity index (χ1) is 7.31. The van der Waals surface area contributed by atoms with E-state index in [-0.39, 0.29) is 6.61 Å². The number of hydrogen-bond donors (Lipinski definition) is 2. The molecule has 15 heavy (non-hydrogen) atoms. The molecule has 0 amide bonds. The quantitative estimate of drug-likeness (QED) is 0.514. The molecule has 0 aromatic heterocycles. The Bertz CT molecular complexity index is 124. The number of ether oxygens (including phenoxy) is 2. The first-order valence-corrected chi connectivity index (χ1v) is 6.48. The molecular formula is C10H22O4S. The highest BCUT2D eigenvalue weighted by molar-refractivity contribution is 7.99. The van der Waals surface area contributed by atoms with Crippen molar-refractivity contribution in [1.82, 2.24) is 0 Å². The molecule has 2 N–H and O–H groups in total. The van der Waals surface area contributed by atoms with E-state index in [0.29, 0.717) is 25.6 Å². The lowest BCUT2D eigenvalue weighted by Crippen LogP contribution is -2.15. The first-order valence-electron chi connectivity index (χ1n) is 5.33. The van der Waals surface area contributed by atoms with Crippen LogP contribution in [0.2, 0.25) is 0 Å². The summed E-state index contributed by atoms with van der Waals surface area (Å²) in [7, 11) is 0. The normalized spacial score (nSPS) is 13.0. The molecule has 0 aliphatic rings. The van der Waals surface area contributed by atoms with Crippen molar-refractivity contribution in [3.8, 4) is 0 Å². The second kappa shape index (κ2) is 12.3. The fourth-order valence-electron chi connectivity index (χ4n) is 0.856. The molecule has 0 radical (unpaired) electrons. The van der Waals surface area contributed by atoms with E-state index in [9.17, 15) is 0 Å². The molecule has 0 heterocycles. The van der Waals surface area contributed by atoms with Gasteiger partial charge in [-0.3, -0.25) is 0 Å². The second-order valence-electron chi connectivity index (χ2n) is 3.14. The average Bonchev–Trinajstić information content (AvgIpc) is 2.26. The number of thioether (sulfide) groups is 1. The molecule has 0 saturated carbocycles. The summed E-state index contributed by atoms with van der Waals surface area (Å²) >= 11 is 1.58. The van der Waals surface area contributed by atoms with E-state index in [1.165, 1.54) is 0 Å². The first kappa shape index (κ1) is 15.2. The van der Waals surface area contributed by atoms with Crippen LogP contribution < -0.4 is 0 Å². The zero-order valence-electron chi connectivity index (χ0n) is 9.35. The van der Waals surface area contributed by atoms with E-state index < -0.39 is 6.10 Å². The number of rotatable bonds is 11. The Balaban J connectivity index is 2.92.